The van der Waals surface area contributed by atoms with Crippen molar-refractivity contribution in [2.24, 2.45) is 12.8 Å². The van der Waals surface area contributed by atoms with Gasteiger partial charge in [0.15, 0.2) is 5.75 Å². The highest BCUT2D eigenvalue weighted by atomic mass is 16.5. The summed E-state index contributed by atoms with van der Waals surface area (Å²) in [5.74, 6) is -0.213. The summed E-state index contributed by atoms with van der Waals surface area (Å²) in [5, 5.41) is 6.44. The molecule has 1 rings (SSSR count). The summed E-state index contributed by atoms with van der Waals surface area (Å²) in [5.41, 5.74) is 6.24. The minimum Gasteiger partial charge on any atom is -0.491 e. The number of nitrogens with one attached hydrogen (secondary N) is 2. The number of aromatic nitrogens is 1. The Morgan fingerprint density at radius 3 is 2.59 bits per heavy atom. The molecule has 154 valence electrons. The highest BCUT2D eigenvalue weighted by Gasteiger charge is 2.23. The predicted octanol–water partition coefficient (Wildman–Crippen LogP) is 1.71. The summed E-state index contributed by atoms with van der Waals surface area (Å²) >= 11 is 0. The van der Waals surface area contributed by atoms with Gasteiger partial charge in [-0.05, 0) is 32.8 Å². The first-order valence-electron chi connectivity index (χ1n) is 9.77. The number of carbonyl (C=O) groups is 1. The number of hydrogen-bond acceptors (Lipinski definition) is 5. The van der Waals surface area contributed by atoms with Crippen LogP contribution in [0.4, 0.5) is 0 Å². The fourth-order valence-corrected chi connectivity index (χ4v) is 3.15. The Kier molecular flexibility index (Phi) is 9.52. The number of amides is 1. The lowest BCUT2D eigenvalue weighted by atomic mass is 9.90. The third kappa shape index (κ3) is 6.66. The molecule has 0 saturated heterocycles. The van der Waals surface area contributed by atoms with Gasteiger partial charge in [-0.1, -0.05) is 26.2 Å². The Hall–Kier alpha value is -1.86. The van der Waals surface area contributed by atoms with E-state index in [-0.39, 0.29) is 28.3 Å². The second-order valence-corrected chi connectivity index (χ2v) is 7.34. The van der Waals surface area contributed by atoms with Crippen LogP contribution in [0.3, 0.4) is 0 Å². The third-order valence-corrected chi connectivity index (χ3v) is 5.07. The van der Waals surface area contributed by atoms with E-state index < -0.39 is 0 Å². The van der Waals surface area contributed by atoms with Crippen LogP contribution in [0.2, 0.25) is 0 Å². The molecule has 0 aromatic carbocycles. The van der Waals surface area contributed by atoms with Gasteiger partial charge in [-0.2, -0.15) is 0 Å². The van der Waals surface area contributed by atoms with E-state index in [1.165, 1.54) is 24.5 Å². The van der Waals surface area contributed by atoms with Crippen LogP contribution in [0.25, 0.3) is 0 Å². The molecule has 27 heavy (non-hydrogen) atoms. The number of hydrogen-bond donors (Lipinski definition) is 3. The number of unbranched alkanes of at least 4 members (excludes halogenated alkanes) is 2. The zero-order valence-corrected chi connectivity index (χ0v) is 17.5. The molecule has 1 unspecified atom stereocenters. The molecule has 0 bridgehead atoms. The molecule has 0 saturated carbocycles. The number of rotatable bonds is 12. The molecule has 0 radical (unpaired) electrons. The minimum absolute atomic E-state index is 0.0748. The topological polar surface area (TPSA) is 98.4 Å². The van der Waals surface area contributed by atoms with E-state index in [4.69, 9.17) is 10.5 Å². The fourth-order valence-electron chi connectivity index (χ4n) is 3.15. The number of methoxy groups -OCH3 is 1. The molecule has 0 spiro atoms. The summed E-state index contributed by atoms with van der Waals surface area (Å²) in [6.45, 7) is 7.99. The van der Waals surface area contributed by atoms with Crippen molar-refractivity contribution in [1.29, 1.82) is 0 Å². The third-order valence-electron chi connectivity index (χ3n) is 5.07. The number of ether oxygens (including phenoxy) is 1. The largest absolute Gasteiger partial charge is 0.491 e. The summed E-state index contributed by atoms with van der Waals surface area (Å²) in [4.78, 5) is 24.9. The zero-order chi connectivity index (χ0) is 20.4. The van der Waals surface area contributed by atoms with Gasteiger partial charge in [0.05, 0.1) is 12.7 Å². The van der Waals surface area contributed by atoms with E-state index in [1.807, 2.05) is 0 Å². The SMILES string of the molecule is CCCCCC(C)(CCNC(=O)c1cc(C)n(C)c(=O)c1OC)NCCN. The van der Waals surface area contributed by atoms with E-state index in [2.05, 4.69) is 24.5 Å². The zero-order valence-electron chi connectivity index (χ0n) is 17.5. The van der Waals surface area contributed by atoms with Crippen LogP contribution >= 0.6 is 0 Å². The Labute approximate surface area is 162 Å². The Bertz CT molecular complexity index is 672. The van der Waals surface area contributed by atoms with Gasteiger partial charge in [0.1, 0.15) is 0 Å². The number of carbonyl (C=O) groups excluding carboxylic acids is 1. The Morgan fingerprint density at radius 1 is 1.30 bits per heavy atom. The van der Waals surface area contributed by atoms with Crippen LogP contribution in [-0.4, -0.2) is 42.8 Å². The number of nitrogens with zero attached hydrogens (tertiary/aromatic N) is 1. The van der Waals surface area contributed by atoms with Crippen molar-refractivity contribution in [1.82, 2.24) is 15.2 Å². The molecule has 1 aromatic heterocycles. The van der Waals surface area contributed by atoms with Gasteiger partial charge in [0, 0.05) is 37.9 Å². The van der Waals surface area contributed by atoms with E-state index in [0.29, 0.717) is 18.8 Å². The van der Waals surface area contributed by atoms with Crippen molar-refractivity contribution in [3.8, 4) is 5.75 Å². The first kappa shape index (κ1) is 23.2. The van der Waals surface area contributed by atoms with Gasteiger partial charge >= 0.3 is 0 Å². The summed E-state index contributed by atoms with van der Waals surface area (Å²) < 4.78 is 6.65. The van der Waals surface area contributed by atoms with E-state index in [1.54, 1.807) is 20.0 Å². The number of pyridine rings is 1. The van der Waals surface area contributed by atoms with Crippen LogP contribution in [0.5, 0.6) is 5.75 Å². The van der Waals surface area contributed by atoms with Gasteiger partial charge in [-0.3, -0.25) is 9.59 Å². The lowest BCUT2D eigenvalue weighted by Crippen LogP contribution is -2.47. The molecule has 1 atom stereocenters. The molecule has 0 aliphatic rings. The first-order valence-corrected chi connectivity index (χ1v) is 9.77. The molecule has 1 heterocycles. The van der Waals surface area contributed by atoms with Crippen molar-refractivity contribution in [2.45, 2.75) is 58.4 Å². The monoisotopic (exact) mass is 380 g/mol. The maximum Gasteiger partial charge on any atom is 0.293 e. The fraction of sp³-hybridized carbons (Fsp3) is 0.700. The van der Waals surface area contributed by atoms with Crippen LogP contribution in [0.15, 0.2) is 10.9 Å². The van der Waals surface area contributed by atoms with E-state index >= 15 is 0 Å². The van der Waals surface area contributed by atoms with Gasteiger partial charge < -0.3 is 25.7 Å². The van der Waals surface area contributed by atoms with Crippen LogP contribution in [-0.2, 0) is 7.05 Å². The molecular weight excluding hydrogens is 344 g/mol. The molecule has 1 amide bonds. The predicted molar refractivity (Wildman–Crippen MR) is 110 cm³/mol. The number of aryl methyl sites for hydroxylation is 1. The molecule has 0 aliphatic carbocycles. The summed E-state index contributed by atoms with van der Waals surface area (Å²) in [6, 6.07) is 1.68. The number of nitrogens with two attached hydrogens (primary N) is 1. The molecule has 0 fully saturated rings. The summed E-state index contributed by atoms with van der Waals surface area (Å²) in [7, 11) is 3.07. The molecule has 7 heteroatoms. The van der Waals surface area contributed by atoms with Gasteiger partial charge in [0.25, 0.3) is 11.5 Å². The molecule has 7 nitrogen and oxygen atoms in total. The van der Waals surface area contributed by atoms with Crippen LogP contribution in [0.1, 0.15) is 62.0 Å². The molecule has 0 aliphatic heterocycles. The van der Waals surface area contributed by atoms with Crippen molar-refractivity contribution >= 4 is 5.91 Å². The summed E-state index contributed by atoms with van der Waals surface area (Å²) in [6.07, 6.45) is 5.32. The minimum atomic E-state index is -0.309. The molecule has 1 aromatic rings. The van der Waals surface area contributed by atoms with Crippen LogP contribution < -0.4 is 26.7 Å². The second-order valence-electron chi connectivity index (χ2n) is 7.34. The average Bonchev–Trinajstić information content (AvgIpc) is 2.64. The van der Waals surface area contributed by atoms with Crippen molar-refractivity contribution in [2.75, 3.05) is 26.7 Å². The van der Waals surface area contributed by atoms with Gasteiger partial charge in [-0.15, -0.1) is 0 Å². The van der Waals surface area contributed by atoms with Crippen molar-refractivity contribution < 1.29 is 9.53 Å². The van der Waals surface area contributed by atoms with Gasteiger partial charge in [0.2, 0.25) is 0 Å². The average molecular weight is 381 g/mol. The Morgan fingerprint density at radius 2 is 2.00 bits per heavy atom. The second kappa shape index (κ2) is 11.1. The molecular formula is C20H36N4O3. The highest BCUT2D eigenvalue weighted by molar-refractivity contribution is 5.96. The van der Waals surface area contributed by atoms with Crippen molar-refractivity contribution in [3.05, 3.63) is 27.7 Å². The standard InChI is InChI=1S/C20H36N4O3/c1-6-7-8-9-20(3,23-13-11-21)10-12-22-18(25)16-14-15(2)24(4)19(26)17(16)27-5/h14,23H,6-13,21H2,1-5H3,(H,22,25). The Balaban J connectivity index is 2.78. The van der Waals surface area contributed by atoms with Gasteiger partial charge in [-0.25, -0.2) is 0 Å². The lowest BCUT2D eigenvalue weighted by molar-refractivity contribution is 0.0945. The maximum absolute atomic E-state index is 12.6. The smallest absolute Gasteiger partial charge is 0.293 e. The molecule has 4 N–H and O–H groups in total. The first-order chi connectivity index (χ1) is 12.8. The van der Waals surface area contributed by atoms with Crippen molar-refractivity contribution in [3.63, 3.8) is 0 Å². The lowest BCUT2D eigenvalue weighted by Gasteiger charge is -2.31. The van der Waals surface area contributed by atoms with E-state index in [0.717, 1.165) is 25.8 Å². The van der Waals surface area contributed by atoms with Crippen LogP contribution in [0, 0.1) is 6.92 Å². The maximum atomic E-state index is 12.6. The normalized spacial score (nSPS) is 13.3. The van der Waals surface area contributed by atoms with E-state index in [9.17, 15) is 9.59 Å². The highest BCUT2D eigenvalue weighted by Crippen LogP contribution is 2.19. The quantitative estimate of drug-likeness (QED) is 0.480.